The molecule has 4 amide bonds. The molecule has 1 saturated carbocycles. The molecule has 0 spiro atoms. The number of aromatic nitrogens is 8. The summed E-state index contributed by atoms with van der Waals surface area (Å²) >= 11 is 0. The number of carbonyl (C=O) groups is 6. The average molecular weight is 1820 g/mol. The van der Waals surface area contributed by atoms with Crippen LogP contribution in [-0.4, -0.2) is 196 Å². The minimum absolute atomic E-state index is 0.00952. The number of phosphoric acid groups is 6. The first-order valence-electron chi connectivity index (χ1n) is 37.6. The number of nitrogens with two attached hydrogens (primary N) is 2. The fourth-order valence-electron chi connectivity index (χ4n) is 13.0. The van der Waals surface area contributed by atoms with Crippen molar-refractivity contribution >= 4 is 116 Å². The lowest BCUT2D eigenvalue weighted by Gasteiger charge is -2.36. The number of nitrogens with zero attached hydrogens (tertiary/aromatic N) is 8. The van der Waals surface area contributed by atoms with Crippen molar-refractivity contribution in [3.8, 4) is 0 Å². The number of imidazole rings is 2. The molecule has 8 rings (SSSR count). The number of rotatable bonds is 52. The molecule has 54 heteroatoms. The molecule has 3 fully saturated rings. The number of anilines is 2. The number of nitrogen functional groups attached to an aromatic ring is 2. The van der Waals surface area contributed by atoms with Gasteiger partial charge in [-0.2, -0.15) is 0 Å². The van der Waals surface area contributed by atoms with Gasteiger partial charge in [0.15, 0.2) is 35.4 Å². The van der Waals surface area contributed by atoms with Crippen molar-refractivity contribution in [1.82, 2.24) is 60.3 Å². The second-order valence-corrected chi connectivity index (χ2v) is 39.0. The van der Waals surface area contributed by atoms with Gasteiger partial charge < -0.3 is 138 Å². The number of unbranched alkanes of at least 4 members (excludes halogenated alkanes) is 4. The third kappa shape index (κ3) is 29.1. The van der Waals surface area contributed by atoms with Gasteiger partial charge in [0, 0.05) is 73.5 Å². The number of aliphatic hydroxyl groups excluding tert-OH is 4. The van der Waals surface area contributed by atoms with Crippen molar-refractivity contribution in [2.45, 2.75) is 206 Å². The maximum Gasteiger partial charge on any atom is 0.274 e. The van der Waals surface area contributed by atoms with Crippen LogP contribution >= 0.6 is 46.9 Å². The molecule has 1 aromatic carbocycles. The maximum atomic E-state index is 13.3. The van der Waals surface area contributed by atoms with Gasteiger partial charge in [-0.1, -0.05) is 91.5 Å². The number of carbonyl (C=O) groups excluding carboxylic acids is 6. The zero-order valence-electron chi connectivity index (χ0n) is 65.8. The molecular weight excluding hydrogens is 1720 g/mol. The van der Waals surface area contributed by atoms with E-state index in [-0.39, 0.29) is 97.4 Å². The van der Waals surface area contributed by atoms with Gasteiger partial charge in [-0.15, -0.1) is 0 Å². The summed E-state index contributed by atoms with van der Waals surface area (Å²) in [6.07, 6.45) is -6.11. The van der Waals surface area contributed by atoms with Crippen LogP contribution in [0, 0.1) is 21.7 Å². The molecule has 12 N–H and O–H groups in total. The molecule has 14 atom stereocenters. The number of benzene rings is 1. The minimum Gasteiger partial charge on any atom is -0.790 e. The summed E-state index contributed by atoms with van der Waals surface area (Å²) in [6, 6.07) is 8.33. The zero-order chi connectivity index (χ0) is 88.8. The second kappa shape index (κ2) is 41.6. The lowest BCUT2D eigenvalue weighted by Crippen LogP contribution is -2.46. The first-order valence-corrected chi connectivity index (χ1v) is 46.4. The van der Waals surface area contributed by atoms with Gasteiger partial charge in [-0.25, -0.2) is 38.5 Å². The zero-order valence-corrected chi connectivity index (χ0v) is 71.2. The number of aryl methyl sites for hydroxylation is 2. The Balaban J connectivity index is 0.628. The second-order valence-electron chi connectivity index (χ2n) is 30.9. The topological polar surface area (TPSA) is 750 Å². The van der Waals surface area contributed by atoms with E-state index in [0.717, 1.165) is 98.7 Å². The van der Waals surface area contributed by atoms with Crippen molar-refractivity contribution in [3.05, 3.63) is 60.7 Å². The smallest absolute Gasteiger partial charge is 0.274 e. The van der Waals surface area contributed by atoms with Crippen molar-refractivity contribution in [1.29, 1.82) is 0 Å². The molecular formula is C66H96N14O34P6-8. The highest BCUT2D eigenvalue weighted by Gasteiger charge is 2.51. The Kier molecular flexibility index (Phi) is 34.4. The number of nitrogens with one attached hydrogen (secondary N) is 4. The first kappa shape index (κ1) is 99.1. The molecule has 2 aliphatic heterocycles. The standard InChI is InChI=1S/C66H104N14O34P6/c1-63(2,43(81)18-26-69-45(83)20-28-71-59(89)53(87)64(3,4)33-107-119(101,102)113-117(97,98)105-31-41-51(111-115(91,92)93)49(85)61(109-41)79-37-77-47-55(67)73-35-75-57(47)79)22-11-8-7-9-14-39-16-13-17-40(30-39)15-10-12-23-66(24-25-66)44(82)19-27-70-46(84)21-29-72-60(90)54(88)65(5,6)34-108-120(103,104)114-118(99,100)106-32-42-52(112-116(94,95)96)50(86)62(110-42)80-38-78-48-56(68)74-36-76-58(48)80/h13,16-17,30,35-38,41-42,49-54,61-62,85-88H,7-12,14-15,18-29,31-34H2,1-6H3,(H,69,83)(H,70,84)(H,71,89)(H,72,90)(H,97,98)(H,99,100)(H,101,102)(H,103,104)(H2,67,73,75)(H2,68,74,76)(H2,91,92,93)(H2,94,95,96)/p-8. The van der Waals surface area contributed by atoms with E-state index in [2.05, 4.69) is 105 Å². The highest BCUT2D eigenvalue weighted by molar-refractivity contribution is 7.60. The maximum absolute atomic E-state index is 13.3. The lowest BCUT2D eigenvalue weighted by atomic mass is 9.81. The van der Waals surface area contributed by atoms with Crippen LogP contribution < -0.4 is 71.9 Å². The summed E-state index contributed by atoms with van der Waals surface area (Å²) in [5, 5.41) is 53.3. The van der Waals surface area contributed by atoms with Crippen LogP contribution in [0.15, 0.2) is 49.6 Å². The van der Waals surface area contributed by atoms with Crippen LogP contribution in [-0.2, 0) is 114 Å². The van der Waals surface area contributed by atoms with Gasteiger partial charge >= 0.3 is 0 Å². The molecule has 2 saturated heterocycles. The number of fused-ring (bicyclic) bond motifs is 2. The monoisotopic (exact) mass is 1810 g/mol. The quantitative estimate of drug-likeness (QED) is 0.0141. The Hall–Kier alpha value is -6.36. The van der Waals surface area contributed by atoms with Crippen molar-refractivity contribution < 1.29 is 161 Å². The van der Waals surface area contributed by atoms with E-state index < -0.39 is 180 Å². The van der Waals surface area contributed by atoms with E-state index >= 15 is 0 Å². The summed E-state index contributed by atoms with van der Waals surface area (Å²) in [6.45, 7) is 3.13. The molecule has 4 aromatic heterocycles. The highest BCUT2D eigenvalue weighted by Crippen LogP contribution is 2.59. The molecule has 672 valence electrons. The molecule has 5 aromatic rings. The number of ether oxygens (including phenoxy) is 2. The van der Waals surface area contributed by atoms with Crippen molar-refractivity contribution in [3.63, 3.8) is 0 Å². The summed E-state index contributed by atoms with van der Waals surface area (Å²) in [4.78, 5) is 198. The molecule has 6 heterocycles. The van der Waals surface area contributed by atoms with Crippen molar-refractivity contribution in [2.24, 2.45) is 21.7 Å². The molecule has 14 unspecified atom stereocenters. The summed E-state index contributed by atoms with van der Waals surface area (Å²) in [7, 11) is -35.6. The van der Waals surface area contributed by atoms with Gasteiger partial charge in [0.05, 0.1) is 54.7 Å². The van der Waals surface area contributed by atoms with Crippen LogP contribution in [0.5, 0.6) is 0 Å². The Bertz CT molecular complexity index is 4720. The van der Waals surface area contributed by atoms with E-state index in [1.165, 1.54) is 38.8 Å². The number of aliphatic hydroxyl groups is 4. The van der Waals surface area contributed by atoms with Crippen LogP contribution in [0.1, 0.15) is 155 Å². The SMILES string of the molecule is CC(C)(CCCCCCc1cccc(CCCCC2(C(=O)CCNC(=O)CCNC(=O)C(O)C(C)(C)COP(=O)([O-])OP(=O)([O-])OCC3OC(n4cnc5c(N)ncnc54)C(O)C3OP(=O)([O-])[O-])CC2)c1)C(=O)CCNC(=O)CCNC(=O)C(O)C(C)(C)COP(=O)([O-])OP(=O)([O-])OCC1OC(n2cnc3c(N)ncnc32)C(O)C1OP(=O)([O-])[O-]. The Morgan fingerprint density at radius 1 is 0.550 bits per heavy atom. The molecule has 3 aliphatic rings. The minimum atomic E-state index is -5.99. The van der Waals surface area contributed by atoms with E-state index in [1.807, 2.05) is 19.9 Å². The van der Waals surface area contributed by atoms with Gasteiger partial charge in [0.2, 0.25) is 23.6 Å². The number of Topliss-reactive ketones (excluding diaryl/α,β-unsaturated/α-hetero) is 2. The predicted molar refractivity (Wildman–Crippen MR) is 397 cm³/mol. The van der Waals surface area contributed by atoms with Crippen LogP contribution in [0.2, 0.25) is 0 Å². The highest BCUT2D eigenvalue weighted by atomic mass is 31.3. The molecule has 1 aliphatic carbocycles. The molecule has 0 radical (unpaired) electrons. The number of phosphoric ester groups is 6. The van der Waals surface area contributed by atoms with Gasteiger partial charge in [-0.05, 0) is 62.5 Å². The van der Waals surface area contributed by atoms with Crippen molar-refractivity contribution in [2.75, 3.05) is 64.1 Å². The molecule has 0 bridgehead atoms. The number of hydrogen-bond donors (Lipinski definition) is 10. The fraction of sp³-hybridized carbons (Fsp3) is 0.667. The first-order chi connectivity index (χ1) is 55.8. The number of hydrogen-bond acceptors (Lipinski definition) is 42. The summed E-state index contributed by atoms with van der Waals surface area (Å²) in [5.41, 5.74) is 9.20. The van der Waals surface area contributed by atoms with Crippen LogP contribution in [0.3, 0.4) is 0 Å². The van der Waals surface area contributed by atoms with E-state index in [9.17, 15) is 116 Å². The Morgan fingerprint density at radius 2 is 0.950 bits per heavy atom. The Morgan fingerprint density at radius 3 is 1.38 bits per heavy atom. The van der Waals surface area contributed by atoms with E-state index in [4.69, 9.17) is 20.9 Å². The van der Waals surface area contributed by atoms with Crippen LogP contribution in [0.25, 0.3) is 22.3 Å². The predicted octanol–water partition coefficient (Wildman–Crippen LogP) is -2.60. The Labute approximate surface area is 686 Å². The summed E-state index contributed by atoms with van der Waals surface area (Å²) in [5.74, 6) is -3.43. The van der Waals surface area contributed by atoms with E-state index in [0.29, 0.717) is 12.8 Å². The average Bonchev–Trinajstić information content (AvgIpc) is 1.62. The lowest BCUT2D eigenvalue weighted by molar-refractivity contribution is -0.348. The van der Waals surface area contributed by atoms with Gasteiger partial charge in [0.1, 0.15) is 84.1 Å². The summed E-state index contributed by atoms with van der Waals surface area (Å²) < 4.78 is 123. The third-order valence-corrected chi connectivity index (χ3v) is 26.1. The third-order valence-electron chi connectivity index (χ3n) is 20.0. The van der Waals surface area contributed by atoms with Crippen LogP contribution in [0.4, 0.5) is 11.6 Å². The normalized spacial score (nSPS) is 22.2. The molecule has 120 heavy (non-hydrogen) atoms. The fourth-order valence-corrected chi connectivity index (χ4v) is 18.5. The van der Waals surface area contributed by atoms with Gasteiger partial charge in [-0.3, -0.25) is 56.2 Å². The largest absolute Gasteiger partial charge is 0.790 e. The number of ketones is 2. The molecule has 48 nitrogen and oxygen atoms in total. The number of amides is 4. The van der Waals surface area contributed by atoms with E-state index in [1.54, 1.807) is 0 Å². The van der Waals surface area contributed by atoms with Gasteiger partial charge in [0.25, 0.3) is 31.3 Å².